The largest absolute Gasteiger partial charge is 0.364 e. The maximum absolute atomic E-state index is 15.6. The first-order valence-electron chi connectivity index (χ1n) is 16.7. The van der Waals surface area contributed by atoms with Crippen molar-refractivity contribution in [2.75, 3.05) is 38.5 Å². The van der Waals surface area contributed by atoms with Crippen LogP contribution in [0.4, 0.5) is 10.1 Å². The van der Waals surface area contributed by atoms with Gasteiger partial charge < -0.3 is 30.3 Å². The number of carbonyl (C=O) groups excluding carboxylic acids is 4. The average Bonchev–Trinajstić information content (AvgIpc) is 3.78. The summed E-state index contributed by atoms with van der Waals surface area (Å²) in [6.45, 7) is 8.26. The first-order chi connectivity index (χ1) is 22.0. The molecule has 2 heterocycles. The molecule has 0 unspecified atom stereocenters. The molecule has 3 atom stereocenters. The molecule has 3 aliphatic rings. The van der Waals surface area contributed by atoms with E-state index in [1.165, 1.54) is 18.4 Å². The van der Waals surface area contributed by atoms with Gasteiger partial charge in [-0.1, -0.05) is 44.8 Å². The Morgan fingerprint density at radius 2 is 1.72 bits per heavy atom. The Labute approximate surface area is 270 Å². The Morgan fingerprint density at radius 1 is 1.02 bits per heavy atom. The second kappa shape index (κ2) is 14.7. The maximum Gasteiger partial charge on any atom is 0.257 e. The molecule has 1 aliphatic heterocycles. The molecular formula is C34H47FN6O5. The van der Waals surface area contributed by atoms with Gasteiger partial charge in [0, 0.05) is 44.4 Å². The van der Waals surface area contributed by atoms with Crippen molar-refractivity contribution in [3.8, 4) is 0 Å². The summed E-state index contributed by atoms with van der Waals surface area (Å²) in [6, 6.07) is 2.72. The first kappa shape index (κ1) is 33.6. The van der Waals surface area contributed by atoms with Gasteiger partial charge in [0.05, 0.1) is 11.4 Å². The molecule has 5 rings (SSSR count). The summed E-state index contributed by atoms with van der Waals surface area (Å²) in [6.07, 6.45) is 6.85. The summed E-state index contributed by atoms with van der Waals surface area (Å²) in [4.78, 5) is 56.9. The number of anilines is 1. The molecule has 0 bridgehead atoms. The summed E-state index contributed by atoms with van der Waals surface area (Å²) in [7, 11) is 2.00. The van der Waals surface area contributed by atoms with Crippen LogP contribution in [0.5, 0.6) is 0 Å². The number of carbonyl (C=O) groups is 4. The maximum atomic E-state index is 15.6. The number of benzene rings is 1. The van der Waals surface area contributed by atoms with E-state index in [9.17, 15) is 19.2 Å². The number of amides is 4. The minimum atomic E-state index is -0.866. The molecule has 3 fully saturated rings. The lowest BCUT2D eigenvalue weighted by Crippen LogP contribution is -2.55. The number of rotatable bonds is 11. The van der Waals surface area contributed by atoms with Crippen molar-refractivity contribution in [2.24, 2.45) is 11.8 Å². The van der Waals surface area contributed by atoms with Gasteiger partial charge in [0.2, 0.25) is 17.7 Å². The van der Waals surface area contributed by atoms with Gasteiger partial charge in [-0.15, -0.1) is 0 Å². The molecule has 2 aliphatic carbocycles. The number of nitrogens with one attached hydrogen (secondary N) is 3. The lowest BCUT2D eigenvalue weighted by atomic mass is 9.79. The van der Waals surface area contributed by atoms with Crippen LogP contribution in [-0.4, -0.2) is 83.9 Å². The monoisotopic (exact) mass is 638 g/mol. The van der Waals surface area contributed by atoms with Gasteiger partial charge in [-0.3, -0.25) is 19.2 Å². The number of piperazine rings is 1. The van der Waals surface area contributed by atoms with Crippen molar-refractivity contribution in [3.63, 3.8) is 0 Å². The molecule has 0 radical (unpaired) electrons. The predicted molar refractivity (Wildman–Crippen MR) is 171 cm³/mol. The molecule has 11 nitrogen and oxygen atoms in total. The standard InChI is InChI=1S/C34H47FN6O5/c1-5-28(42)37-29(34(45)41-16-14-40(4)15-17-41)21(3)24-12-13-27(26(35)18-24)36-33(44)31(23-8-6-20(2)7-9-23)38-32(43)25-19-46-39-30(25)22-10-11-22/h12-13,18-23,29,31H,5-11,14-17H2,1-4H3,(H,36,44)(H,37,42)(H,38,43)/t20?,21-,23?,29+,31-/m0/s1. The van der Waals surface area contributed by atoms with Gasteiger partial charge in [0.1, 0.15) is 29.7 Å². The third-order valence-electron chi connectivity index (χ3n) is 9.90. The van der Waals surface area contributed by atoms with Gasteiger partial charge in [-0.05, 0) is 62.3 Å². The lowest BCUT2D eigenvalue weighted by Gasteiger charge is -2.36. The van der Waals surface area contributed by atoms with Crippen molar-refractivity contribution in [2.45, 2.75) is 89.6 Å². The quantitative estimate of drug-likeness (QED) is 0.338. The number of hydrogen-bond donors (Lipinski definition) is 3. The second-order valence-electron chi connectivity index (χ2n) is 13.4. The molecule has 12 heteroatoms. The van der Waals surface area contributed by atoms with Gasteiger partial charge in [-0.2, -0.15) is 0 Å². The fourth-order valence-corrected chi connectivity index (χ4v) is 6.52. The zero-order valence-corrected chi connectivity index (χ0v) is 27.3. The van der Waals surface area contributed by atoms with Gasteiger partial charge >= 0.3 is 0 Å². The summed E-state index contributed by atoms with van der Waals surface area (Å²) >= 11 is 0. The summed E-state index contributed by atoms with van der Waals surface area (Å²) < 4.78 is 20.7. The van der Waals surface area contributed by atoms with E-state index in [4.69, 9.17) is 4.52 Å². The molecule has 2 saturated carbocycles. The number of likely N-dealkylation sites (N-methyl/N-ethyl adjacent to an activating group) is 1. The fourth-order valence-electron chi connectivity index (χ4n) is 6.52. The third kappa shape index (κ3) is 7.94. The van der Waals surface area contributed by atoms with Gasteiger partial charge in [0.25, 0.3) is 5.91 Å². The summed E-state index contributed by atoms with van der Waals surface area (Å²) in [5, 5.41) is 12.5. The average molecular weight is 639 g/mol. The van der Waals surface area contributed by atoms with Crippen molar-refractivity contribution in [1.29, 1.82) is 0 Å². The fraction of sp³-hybridized carbons (Fsp3) is 0.618. The molecule has 1 aromatic carbocycles. The zero-order valence-electron chi connectivity index (χ0n) is 27.3. The van der Waals surface area contributed by atoms with Crippen LogP contribution in [0.1, 0.15) is 99.2 Å². The Bertz CT molecular complexity index is 1410. The van der Waals surface area contributed by atoms with Gasteiger partial charge in [0.15, 0.2) is 0 Å². The molecule has 1 saturated heterocycles. The van der Waals surface area contributed by atoms with Crippen LogP contribution in [0, 0.1) is 17.7 Å². The molecule has 46 heavy (non-hydrogen) atoms. The van der Waals surface area contributed by atoms with E-state index in [0.717, 1.165) is 51.6 Å². The molecule has 1 aromatic heterocycles. The predicted octanol–water partition coefficient (Wildman–Crippen LogP) is 4.03. The van der Waals surface area contributed by atoms with E-state index in [1.54, 1.807) is 24.8 Å². The number of halogens is 1. The highest BCUT2D eigenvalue weighted by Crippen LogP contribution is 2.41. The van der Waals surface area contributed by atoms with Crippen LogP contribution < -0.4 is 16.0 Å². The SMILES string of the molecule is CCC(=O)N[C@@H](C(=O)N1CCN(C)CC1)[C@@H](C)c1ccc(NC(=O)[C@@H](NC(=O)c2conc2C2CC2)C2CCC(C)CC2)c(F)c1. The van der Waals surface area contributed by atoms with Crippen LogP contribution in [0.25, 0.3) is 0 Å². The minimum Gasteiger partial charge on any atom is -0.364 e. The minimum absolute atomic E-state index is 0.0208. The van der Waals surface area contributed by atoms with Crippen LogP contribution >= 0.6 is 0 Å². The van der Waals surface area contributed by atoms with E-state index in [1.807, 2.05) is 7.05 Å². The highest BCUT2D eigenvalue weighted by Gasteiger charge is 2.37. The van der Waals surface area contributed by atoms with Crippen molar-refractivity contribution >= 4 is 29.3 Å². The highest BCUT2D eigenvalue weighted by molar-refractivity contribution is 6.02. The van der Waals surface area contributed by atoms with E-state index in [-0.39, 0.29) is 35.8 Å². The third-order valence-corrected chi connectivity index (χ3v) is 9.90. The van der Waals surface area contributed by atoms with Gasteiger partial charge in [-0.25, -0.2) is 4.39 Å². The van der Waals surface area contributed by atoms with Crippen molar-refractivity contribution in [1.82, 2.24) is 25.6 Å². The number of hydrogen-bond acceptors (Lipinski definition) is 7. The van der Waals surface area contributed by atoms with E-state index < -0.39 is 35.6 Å². The highest BCUT2D eigenvalue weighted by atomic mass is 19.1. The van der Waals surface area contributed by atoms with Crippen molar-refractivity contribution in [3.05, 3.63) is 47.1 Å². The van der Waals surface area contributed by atoms with Crippen LogP contribution in [0.15, 0.2) is 29.0 Å². The number of nitrogens with zero attached hydrogens (tertiary/aromatic N) is 3. The summed E-state index contributed by atoms with van der Waals surface area (Å²) in [5.41, 5.74) is 1.45. The van der Waals surface area contributed by atoms with Crippen LogP contribution in [0.2, 0.25) is 0 Å². The van der Waals surface area contributed by atoms with Crippen LogP contribution in [-0.2, 0) is 14.4 Å². The number of aromatic nitrogens is 1. The van der Waals surface area contributed by atoms with E-state index >= 15 is 4.39 Å². The topological polar surface area (TPSA) is 137 Å². The normalized spacial score (nSPS) is 22.4. The summed E-state index contributed by atoms with van der Waals surface area (Å²) in [5.74, 6) is -1.92. The second-order valence-corrected chi connectivity index (χ2v) is 13.4. The Morgan fingerprint density at radius 3 is 2.35 bits per heavy atom. The molecular weight excluding hydrogens is 591 g/mol. The Hall–Kier alpha value is -3.80. The molecule has 250 valence electrons. The molecule has 3 N–H and O–H groups in total. The molecule has 4 amide bonds. The first-order valence-corrected chi connectivity index (χ1v) is 16.7. The lowest BCUT2D eigenvalue weighted by molar-refractivity contribution is -0.138. The molecule has 2 aromatic rings. The molecule has 0 spiro atoms. The van der Waals surface area contributed by atoms with Crippen LogP contribution in [0.3, 0.4) is 0 Å². The van der Waals surface area contributed by atoms with E-state index in [2.05, 4.69) is 32.9 Å². The Kier molecular flexibility index (Phi) is 10.8. The van der Waals surface area contributed by atoms with E-state index in [0.29, 0.717) is 35.8 Å². The van der Waals surface area contributed by atoms with Crippen molar-refractivity contribution < 1.29 is 28.1 Å². The smallest absolute Gasteiger partial charge is 0.257 e. The Balaban J connectivity index is 1.31. The zero-order chi connectivity index (χ0) is 33.0.